The van der Waals surface area contributed by atoms with Crippen molar-refractivity contribution in [2.24, 2.45) is 7.05 Å². The number of pyridine rings is 1. The maximum Gasteiger partial charge on any atom is 0.273 e. The lowest BCUT2D eigenvalue weighted by Crippen LogP contribution is -2.17. The predicted molar refractivity (Wildman–Crippen MR) is 69.6 cm³/mol. The van der Waals surface area contributed by atoms with Gasteiger partial charge in [0.1, 0.15) is 0 Å². The molecule has 0 aromatic carbocycles. The number of nitrogens with one attached hydrogen (secondary N) is 1. The lowest BCUT2D eigenvalue weighted by Gasteiger charge is -2.06. The molecule has 2 rings (SSSR count). The van der Waals surface area contributed by atoms with E-state index < -0.39 is 10.0 Å². The van der Waals surface area contributed by atoms with E-state index in [4.69, 9.17) is 11.6 Å². The highest BCUT2D eigenvalue weighted by Gasteiger charge is 2.17. The molecular formula is C9H8ClN3O3S2. The largest absolute Gasteiger partial charge is 0.316 e. The van der Waals surface area contributed by atoms with Gasteiger partial charge in [0.25, 0.3) is 10.0 Å². The minimum Gasteiger partial charge on any atom is -0.316 e. The number of hydrogen-bond acceptors (Lipinski definition) is 5. The third kappa shape index (κ3) is 2.71. The van der Waals surface area contributed by atoms with Crippen LogP contribution < -0.4 is 10.3 Å². The maximum atomic E-state index is 11.9. The van der Waals surface area contributed by atoms with E-state index >= 15 is 0 Å². The molecule has 0 saturated carbocycles. The normalized spacial score (nSPS) is 11.4. The molecule has 6 nitrogen and oxygen atoms in total. The SMILES string of the molecule is Cn1cc(NS(=O)(=O)c2cnc(Cl)s2)ccc1=O. The van der Waals surface area contributed by atoms with Gasteiger partial charge in [-0.3, -0.25) is 9.52 Å². The highest BCUT2D eigenvalue weighted by atomic mass is 35.5. The number of aryl methyl sites for hydroxylation is 1. The van der Waals surface area contributed by atoms with E-state index in [-0.39, 0.29) is 14.2 Å². The second-order valence-corrected chi connectivity index (χ2v) is 6.93. The smallest absolute Gasteiger partial charge is 0.273 e. The number of sulfonamides is 1. The lowest BCUT2D eigenvalue weighted by molar-refractivity contribution is 0.603. The van der Waals surface area contributed by atoms with Crippen molar-refractivity contribution >= 4 is 38.6 Å². The first-order valence-electron chi connectivity index (χ1n) is 4.69. The number of aromatic nitrogens is 2. The molecule has 0 saturated heterocycles. The van der Waals surface area contributed by atoms with Crippen LogP contribution in [0.15, 0.2) is 33.5 Å². The second-order valence-electron chi connectivity index (χ2n) is 3.40. The minimum absolute atomic E-state index is 0.0151. The first-order valence-corrected chi connectivity index (χ1v) is 7.37. The lowest BCUT2D eigenvalue weighted by atomic mass is 10.4. The molecule has 9 heteroatoms. The molecule has 0 aliphatic rings. The first-order chi connectivity index (χ1) is 8.38. The molecule has 18 heavy (non-hydrogen) atoms. The molecule has 0 aliphatic heterocycles. The fourth-order valence-corrected chi connectivity index (χ4v) is 3.56. The molecule has 0 aliphatic carbocycles. The summed E-state index contributed by atoms with van der Waals surface area (Å²) in [6, 6.07) is 2.67. The van der Waals surface area contributed by atoms with Crippen LogP contribution in [0.1, 0.15) is 0 Å². The van der Waals surface area contributed by atoms with Gasteiger partial charge >= 0.3 is 0 Å². The van der Waals surface area contributed by atoms with Crippen molar-refractivity contribution in [2.75, 3.05) is 4.72 Å². The molecule has 2 aromatic heterocycles. The van der Waals surface area contributed by atoms with Crippen LogP contribution in [0.5, 0.6) is 0 Å². The Morgan fingerprint density at radius 1 is 1.44 bits per heavy atom. The molecular weight excluding hydrogens is 298 g/mol. The van der Waals surface area contributed by atoms with E-state index in [1.807, 2.05) is 0 Å². The average molecular weight is 306 g/mol. The highest BCUT2D eigenvalue weighted by molar-refractivity contribution is 7.94. The number of hydrogen-bond donors (Lipinski definition) is 1. The predicted octanol–water partition coefficient (Wildman–Crippen LogP) is 1.30. The summed E-state index contributed by atoms with van der Waals surface area (Å²) >= 11 is 6.44. The Kier molecular flexibility index (Phi) is 3.42. The summed E-state index contributed by atoms with van der Waals surface area (Å²) in [5.41, 5.74) is 0.0698. The Morgan fingerprint density at radius 2 is 2.17 bits per heavy atom. The van der Waals surface area contributed by atoms with Gasteiger partial charge in [-0.1, -0.05) is 22.9 Å². The van der Waals surface area contributed by atoms with E-state index in [9.17, 15) is 13.2 Å². The van der Waals surface area contributed by atoms with E-state index in [1.54, 1.807) is 0 Å². The van der Waals surface area contributed by atoms with E-state index in [0.717, 1.165) is 11.3 Å². The first kappa shape index (κ1) is 13.1. The van der Waals surface area contributed by atoms with E-state index in [0.29, 0.717) is 5.69 Å². The van der Waals surface area contributed by atoms with Gasteiger partial charge in [0, 0.05) is 19.3 Å². The van der Waals surface area contributed by atoms with Crippen LogP contribution in [-0.4, -0.2) is 18.0 Å². The van der Waals surface area contributed by atoms with Gasteiger partial charge in [0.2, 0.25) is 5.56 Å². The standard InChI is InChI=1S/C9H8ClN3O3S2/c1-13-5-6(2-3-7(13)14)12-18(15,16)8-4-11-9(10)17-8/h2-5,12H,1H3. The van der Waals surface area contributed by atoms with Gasteiger partial charge < -0.3 is 4.57 Å². The molecule has 2 heterocycles. The average Bonchev–Trinajstić information content (AvgIpc) is 2.71. The number of thiazole rings is 1. The highest BCUT2D eigenvalue weighted by Crippen LogP contribution is 2.24. The quantitative estimate of drug-likeness (QED) is 0.926. The summed E-state index contributed by atoms with van der Waals surface area (Å²) in [6.07, 6.45) is 2.57. The van der Waals surface area contributed by atoms with Crippen LogP contribution >= 0.6 is 22.9 Å². The molecule has 1 N–H and O–H groups in total. The molecule has 0 atom stereocenters. The van der Waals surface area contributed by atoms with Crippen molar-refractivity contribution in [3.63, 3.8) is 0 Å². The Balaban J connectivity index is 2.33. The summed E-state index contributed by atoms with van der Waals surface area (Å²) in [6.45, 7) is 0. The van der Waals surface area contributed by atoms with Crippen molar-refractivity contribution in [2.45, 2.75) is 4.21 Å². The maximum absolute atomic E-state index is 11.9. The van der Waals surface area contributed by atoms with Crippen LogP contribution in [0.25, 0.3) is 0 Å². The summed E-state index contributed by atoms with van der Waals surface area (Å²) in [5.74, 6) is 0. The zero-order valence-corrected chi connectivity index (χ0v) is 11.5. The van der Waals surface area contributed by atoms with Crippen LogP contribution in [0.4, 0.5) is 5.69 Å². The van der Waals surface area contributed by atoms with E-state index in [2.05, 4.69) is 9.71 Å². The summed E-state index contributed by atoms with van der Waals surface area (Å²) in [5, 5.41) is 0. The molecule has 2 aromatic rings. The number of rotatable bonds is 3. The molecule has 0 spiro atoms. The van der Waals surface area contributed by atoms with Crippen LogP contribution in [-0.2, 0) is 17.1 Å². The van der Waals surface area contributed by atoms with Gasteiger partial charge in [-0.2, -0.15) is 0 Å². The summed E-state index contributed by atoms with van der Waals surface area (Å²) in [4.78, 5) is 14.8. The van der Waals surface area contributed by atoms with Crippen LogP contribution in [0.2, 0.25) is 4.47 Å². The van der Waals surface area contributed by atoms with Crippen LogP contribution in [0.3, 0.4) is 0 Å². The van der Waals surface area contributed by atoms with Crippen molar-refractivity contribution in [3.8, 4) is 0 Å². The van der Waals surface area contributed by atoms with Crippen molar-refractivity contribution in [1.29, 1.82) is 0 Å². The summed E-state index contributed by atoms with van der Waals surface area (Å²) < 4.78 is 27.6. The summed E-state index contributed by atoms with van der Waals surface area (Å²) in [7, 11) is -2.18. The Hall–Kier alpha value is -1.38. The fraction of sp³-hybridized carbons (Fsp3) is 0.111. The Morgan fingerprint density at radius 3 is 2.72 bits per heavy atom. The van der Waals surface area contributed by atoms with Crippen molar-refractivity contribution in [3.05, 3.63) is 39.3 Å². The second kappa shape index (κ2) is 4.71. The molecule has 0 radical (unpaired) electrons. The third-order valence-electron chi connectivity index (χ3n) is 2.06. The fourth-order valence-electron chi connectivity index (χ4n) is 1.22. The van der Waals surface area contributed by atoms with Crippen molar-refractivity contribution < 1.29 is 8.42 Å². The molecule has 0 amide bonds. The Bertz CT molecular complexity index is 736. The van der Waals surface area contributed by atoms with Crippen molar-refractivity contribution in [1.82, 2.24) is 9.55 Å². The zero-order valence-electron chi connectivity index (χ0n) is 9.12. The number of nitrogens with zero attached hydrogens (tertiary/aromatic N) is 2. The van der Waals surface area contributed by atoms with E-state index in [1.165, 1.54) is 36.1 Å². The third-order valence-corrected chi connectivity index (χ3v) is 5.02. The molecule has 0 unspecified atom stereocenters. The van der Waals surface area contributed by atoms with Gasteiger partial charge in [-0.15, -0.1) is 0 Å². The molecule has 0 bridgehead atoms. The Labute approximate surface area is 112 Å². The monoisotopic (exact) mass is 305 g/mol. The van der Waals surface area contributed by atoms with Crippen LogP contribution in [0, 0.1) is 0 Å². The number of anilines is 1. The molecule has 96 valence electrons. The minimum atomic E-state index is -3.72. The van der Waals surface area contributed by atoms with Gasteiger partial charge in [0.05, 0.1) is 11.9 Å². The van der Waals surface area contributed by atoms with Gasteiger partial charge in [-0.05, 0) is 6.07 Å². The topological polar surface area (TPSA) is 81.1 Å². The molecule has 0 fully saturated rings. The van der Waals surface area contributed by atoms with Gasteiger partial charge in [-0.25, -0.2) is 13.4 Å². The van der Waals surface area contributed by atoms with Gasteiger partial charge in [0.15, 0.2) is 8.68 Å². The zero-order chi connectivity index (χ0) is 13.3. The number of halogens is 1.